The van der Waals surface area contributed by atoms with Crippen LogP contribution < -0.4 is 0 Å². The first-order chi connectivity index (χ1) is 9.75. The van der Waals surface area contributed by atoms with E-state index < -0.39 is 0 Å². The van der Waals surface area contributed by atoms with E-state index in [0.29, 0.717) is 18.2 Å². The average molecular weight is 314 g/mol. The molecule has 6 heteroatoms. The summed E-state index contributed by atoms with van der Waals surface area (Å²) in [5.74, 6) is 3.93. The summed E-state index contributed by atoms with van der Waals surface area (Å²) in [7, 11) is 0. The second kappa shape index (κ2) is 6.60. The Balaban J connectivity index is 1.68. The summed E-state index contributed by atoms with van der Waals surface area (Å²) >= 11 is 3.97. The summed E-state index contributed by atoms with van der Waals surface area (Å²) in [5.41, 5.74) is 0. The number of hydrogen-bond donors (Lipinski definition) is 0. The van der Waals surface area contributed by atoms with Crippen molar-refractivity contribution in [2.45, 2.75) is 37.0 Å². The first kappa shape index (κ1) is 14.6. The van der Waals surface area contributed by atoms with Crippen molar-refractivity contribution >= 4 is 35.3 Å². The zero-order chi connectivity index (χ0) is 13.9. The minimum atomic E-state index is -0.167. The molecule has 3 saturated heterocycles. The molecule has 4 nitrogen and oxygen atoms in total. The van der Waals surface area contributed by atoms with Crippen molar-refractivity contribution in [3.05, 3.63) is 0 Å². The molecule has 0 radical (unpaired) electrons. The highest BCUT2D eigenvalue weighted by atomic mass is 32.2. The first-order valence-electron chi connectivity index (χ1n) is 7.53. The van der Waals surface area contributed by atoms with Crippen LogP contribution >= 0.6 is 23.5 Å². The normalized spacial score (nSPS) is 32.0. The molecular weight excluding hydrogens is 292 g/mol. The fourth-order valence-corrected chi connectivity index (χ4v) is 5.93. The van der Waals surface area contributed by atoms with Gasteiger partial charge in [0.1, 0.15) is 6.04 Å². The predicted octanol–water partition coefficient (Wildman–Crippen LogP) is 1.45. The molecule has 20 heavy (non-hydrogen) atoms. The molecule has 2 amide bonds. The first-order valence-corrected chi connectivity index (χ1v) is 9.73. The Bertz CT molecular complexity index is 385. The summed E-state index contributed by atoms with van der Waals surface area (Å²) in [6.45, 7) is 2.22. The summed E-state index contributed by atoms with van der Waals surface area (Å²) in [6.07, 6.45) is 3.48. The Labute approximate surface area is 129 Å². The Kier molecular flexibility index (Phi) is 4.81. The lowest BCUT2D eigenvalue weighted by Gasteiger charge is -2.35. The molecule has 2 unspecified atom stereocenters. The van der Waals surface area contributed by atoms with E-state index in [4.69, 9.17) is 0 Å². The van der Waals surface area contributed by atoms with Gasteiger partial charge in [-0.1, -0.05) is 0 Å². The maximum atomic E-state index is 12.7. The van der Waals surface area contributed by atoms with E-state index in [1.165, 1.54) is 11.5 Å². The van der Waals surface area contributed by atoms with Crippen LogP contribution in [0.1, 0.15) is 25.7 Å². The van der Waals surface area contributed by atoms with Gasteiger partial charge in [0, 0.05) is 48.6 Å². The predicted molar refractivity (Wildman–Crippen MR) is 84.1 cm³/mol. The fourth-order valence-electron chi connectivity index (χ4n) is 3.25. The number of amides is 2. The number of rotatable bonds is 2. The number of carbonyl (C=O) groups is 2. The standard InChI is InChI=1S/C14H22N2O2S2/c17-13-4-6-15(9-11-10-19-7-8-20-11)14(18)12-3-1-2-5-16(12)13/h11-12H,1-10H2. The van der Waals surface area contributed by atoms with Crippen LogP contribution in [0.3, 0.4) is 0 Å². The van der Waals surface area contributed by atoms with Crippen molar-refractivity contribution in [1.82, 2.24) is 9.80 Å². The smallest absolute Gasteiger partial charge is 0.245 e. The number of fused-ring (bicyclic) bond motifs is 1. The maximum Gasteiger partial charge on any atom is 0.245 e. The van der Waals surface area contributed by atoms with Gasteiger partial charge in [0.25, 0.3) is 0 Å². The molecule has 2 atom stereocenters. The Morgan fingerprint density at radius 3 is 2.85 bits per heavy atom. The van der Waals surface area contributed by atoms with Crippen LogP contribution in [0.2, 0.25) is 0 Å². The number of hydrogen-bond acceptors (Lipinski definition) is 4. The van der Waals surface area contributed by atoms with E-state index in [1.807, 2.05) is 33.3 Å². The van der Waals surface area contributed by atoms with Gasteiger partial charge in [-0.15, -0.1) is 0 Å². The molecule has 3 aliphatic heterocycles. The highest BCUT2D eigenvalue weighted by molar-refractivity contribution is 8.06. The van der Waals surface area contributed by atoms with Gasteiger partial charge >= 0.3 is 0 Å². The summed E-state index contributed by atoms with van der Waals surface area (Å²) in [5, 5.41) is 0.544. The third-order valence-electron chi connectivity index (χ3n) is 4.32. The molecule has 0 saturated carbocycles. The average Bonchev–Trinajstić information content (AvgIpc) is 2.61. The molecule has 0 aromatic heterocycles. The lowest BCUT2D eigenvalue weighted by atomic mass is 10.0. The van der Waals surface area contributed by atoms with E-state index in [2.05, 4.69) is 0 Å². The zero-order valence-electron chi connectivity index (χ0n) is 11.8. The summed E-state index contributed by atoms with van der Waals surface area (Å²) in [4.78, 5) is 28.7. The van der Waals surface area contributed by atoms with Gasteiger partial charge in [0.15, 0.2) is 0 Å². The zero-order valence-corrected chi connectivity index (χ0v) is 13.4. The SMILES string of the molecule is O=C1C2CCCCN2C(=O)CCN1CC1CSCCS1. The number of carbonyl (C=O) groups excluding carboxylic acids is 2. The van der Waals surface area contributed by atoms with Crippen LogP contribution in [0.5, 0.6) is 0 Å². The monoisotopic (exact) mass is 314 g/mol. The van der Waals surface area contributed by atoms with Crippen molar-refractivity contribution in [2.24, 2.45) is 0 Å². The third-order valence-corrected chi connectivity index (χ3v) is 7.15. The van der Waals surface area contributed by atoms with Crippen LogP contribution in [0, 0.1) is 0 Å². The van der Waals surface area contributed by atoms with Gasteiger partial charge in [-0.05, 0) is 19.3 Å². The molecule has 112 valence electrons. The lowest BCUT2D eigenvalue weighted by molar-refractivity contribution is -0.143. The van der Waals surface area contributed by atoms with Crippen molar-refractivity contribution in [2.75, 3.05) is 36.9 Å². The Morgan fingerprint density at radius 2 is 2.05 bits per heavy atom. The van der Waals surface area contributed by atoms with Crippen molar-refractivity contribution in [1.29, 1.82) is 0 Å². The molecule has 3 fully saturated rings. The summed E-state index contributed by atoms with van der Waals surface area (Å²) < 4.78 is 0. The van der Waals surface area contributed by atoms with E-state index in [-0.39, 0.29) is 17.9 Å². The molecule has 0 N–H and O–H groups in total. The largest absolute Gasteiger partial charge is 0.339 e. The molecule has 0 aromatic carbocycles. The van der Waals surface area contributed by atoms with E-state index in [1.54, 1.807) is 0 Å². The maximum absolute atomic E-state index is 12.7. The molecule has 0 aliphatic carbocycles. The highest BCUT2D eigenvalue weighted by Gasteiger charge is 2.38. The van der Waals surface area contributed by atoms with Crippen LogP contribution in [0.25, 0.3) is 0 Å². The van der Waals surface area contributed by atoms with E-state index in [9.17, 15) is 9.59 Å². The van der Waals surface area contributed by atoms with Crippen LogP contribution in [0.4, 0.5) is 0 Å². The van der Waals surface area contributed by atoms with Gasteiger partial charge in [0.05, 0.1) is 0 Å². The van der Waals surface area contributed by atoms with Gasteiger partial charge in [-0.2, -0.15) is 23.5 Å². The molecule has 3 aliphatic rings. The van der Waals surface area contributed by atoms with E-state index in [0.717, 1.165) is 38.1 Å². The Hall–Kier alpha value is -0.360. The molecule has 0 spiro atoms. The topological polar surface area (TPSA) is 40.6 Å². The third kappa shape index (κ3) is 3.11. The van der Waals surface area contributed by atoms with Crippen molar-refractivity contribution in [3.63, 3.8) is 0 Å². The molecule has 0 aromatic rings. The molecule has 3 heterocycles. The molecular formula is C14H22N2O2S2. The van der Waals surface area contributed by atoms with Crippen LogP contribution in [-0.2, 0) is 9.59 Å². The van der Waals surface area contributed by atoms with Crippen LogP contribution in [-0.4, -0.2) is 69.8 Å². The minimum absolute atomic E-state index is 0.167. The quantitative estimate of drug-likeness (QED) is 0.773. The van der Waals surface area contributed by atoms with Crippen molar-refractivity contribution < 1.29 is 9.59 Å². The van der Waals surface area contributed by atoms with Gasteiger partial charge < -0.3 is 9.80 Å². The lowest BCUT2D eigenvalue weighted by Crippen LogP contribution is -2.50. The summed E-state index contributed by atoms with van der Waals surface area (Å²) in [6, 6.07) is -0.167. The van der Waals surface area contributed by atoms with E-state index >= 15 is 0 Å². The van der Waals surface area contributed by atoms with Gasteiger partial charge in [-0.25, -0.2) is 0 Å². The number of thioether (sulfide) groups is 2. The highest BCUT2D eigenvalue weighted by Crippen LogP contribution is 2.27. The minimum Gasteiger partial charge on any atom is -0.339 e. The van der Waals surface area contributed by atoms with Gasteiger partial charge in [-0.3, -0.25) is 9.59 Å². The van der Waals surface area contributed by atoms with Crippen molar-refractivity contribution in [3.8, 4) is 0 Å². The second-order valence-electron chi connectivity index (χ2n) is 5.70. The number of nitrogens with zero attached hydrogens (tertiary/aromatic N) is 2. The second-order valence-corrected chi connectivity index (χ2v) is 8.26. The fraction of sp³-hybridized carbons (Fsp3) is 0.857. The van der Waals surface area contributed by atoms with Gasteiger partial charge in [0.2, 0.25) is 11.8 Å². The molecule has 3 rings (SSSR count). The Morgan fingerprint density at radius 1 is 1.15 bits per heavy atom. The number of piperidine rings is 1. The molecule has 0 bridgehead atoms. The van der Waals surface area contributed by atoms with Crippen LogP contribution in [0.15, 0.2) is 0 Å².